The molecule has 2 nitrogen and oxygen atoms in total. The molecule has 0 saturated carbocycles. The largest absolute Gasteiger partial charge is 0.326 e. The molecule has 0 fully saturated rings. The molecule has 3 aromatic rings. The highest BCUT2D eigenvalue weighted by molar-refractivity contribution is 7.15. The number of halogens is 2. The zero-order valence-corrected chi connectivity index (χ0v) is 17.4. The zero-order chi connectivity index (χ0) is 17.8. The van der Waals surface area contributed by atoms with Crippen LogP contribution in [0.25, 0.3) is 10.4 Å². The van der Waals surface area contributed by atoms with Crippen LogP contribution < -0.4 is 5.56 Å². The number of benzene rings is 1. The highest BCUT2D eigenvalue weighted by Gasteiger charge is 2.09. The van der Waals surface area contributed by atoms with Gasteiger partial charge in [0.1, 0.15) is 0 Å². The predicted molar refractivity (Wildman–Crippen MR) is 115 cm³/mol. The Morgan fingerprint density at radius 3 is 2.65 bits per heavy atom. The van der Waals surface area contributed by atoms with Crippen molar-refractivity contribution in [3.8, 4) is 10.4 Å². The number of aromatic nitrogens is 1. The number of pyridine rings is 1. The van der Waals surface area contributed by atoms with Crippen LogP contribution in [0.15, 0.2) is 47.3 Å². The molecule has 138 valence electrons. The summed E-state index contributed by atoms with van der Waals surface area (Å²) in [6.45, 7) is 3.98. The SMILES string of the molecule is CCc1cc(-c2ccc(CCCc3cccc(Cl)c3)s2)c(C)[nH]c1=O.Cl. The third-order valence-electron chi connectivity index (χ3n) is 4.40. The Morgan fingerprint density at radius 2 is 1.92 bits per heavy atom. The van der Waals surface area contributed by atoms with Crippen LogP contribution in [0, 0.1) is 6.92 Å². The highest BCUT2D eigenvalue weighted by Crippen LogP contribution is 2.30. The minimum atomic E-state index is 0. The van der Waals surface area contributed by atoms with Crippen molar-refractivity contribution in [1.29, 1.82) is 0 Å². The van der Waals surface area contributed by atoms with Crippen molar-refractivity contribution in [1.82, 2.24) is 4.98 Å². The molecule has 0 aliphatic carbocycles. The molecule has 3 rings (SSSR count). The molecule has 0 amide bonds. The number of hydrogen-bond donors (Lipinski definition) is 1. The smallest absolute Gasteiger partial charge is 0.251 e. The molecule has 0 unspecified atom stereocenters. The van der Waals surface area contributed by atoms with Crippen LogP contribution in [0.1, 0.15) is 35.0 Å². The molecule has 0 atom stereocenters. The zero-order valence-electron chi connectivity index (χ0n) is 15.0. The Hall–Kier alpha value is -1.55. The summed E-state index contributed by atoms with van der Waals surface area (Å²) >= 11 is 7.85. The summed E-state index contributed by atoms with van der Waals surface area (Å²) in [7, 11) is 0. The molecule has 0 bridgehead atoms. The van der Waals surface area contributed by atoms with Gasteiger partial charge in [0, 0.05) is 31.6 Å². The first-order chi connectivity index (χ1) is 12.1. The molecule has 5 heteroatoms. The van der Waals surface area contributed by atoms with Crippen molar-refractivity contribution in [2.75, 3.05) is 0 Å². The van der Waals surface area contributed by atoms with E-state index in [0.29, 0.717) is 0 Å². The second kappa shape index (κ2) is 9.40. The Labute approximate surface area is 169 Å². The van der Waals surface area contributed by atoms with Gasteiger partial charge in [-0.15, -0.1) is 23.7 Å². The van der Waals surface area contributed by atoms with Crippen LogP contribution in [-0.2, 0) is 19.3 Å². The number of nitrogens with one attached hydrogen (secondary N) is 1. The van der Waals surface area contributed by atoms with Crippen LogP contribution in [0.2, 0.25) is 5.02 Å². The van der Waals surface area contributed by atoms with Crippen molar-refractivity contribution in [3.05, 3.63) is 79.5 Å². The van der Waals surface area contributed by atoms with E-state index >= 15 is 0 Å². The summed E-state index contributed by atoms with van der Waals surface area (Å²) in [5.41, 5.74) is 4.24. The maximum atomic E-state index is 11.9. The maximum Gasteiger partial charge on any atom is 0.251 e. The van der Waals surface area contributed by atoms with Gasteiger partial charge in [0.2, 0.25) is 0 Å². The average Bonchev–Trinajstić information content (AvgIpc) is 3.04. The Bertz CT molecular complexity index is 930. The van der Waals surface area contributed by atoms with Gasteiger partial charge in [-0.2, -0.15) is 0 Å². The topological polar surface area (TPSA) is 32.9 Å². The fraction of sp³-hybridized carbons (Fsp3) is 0.286. The second-order valence-electron chi connectivity index (χ2n) is 6.27. The van der Waals surface area contributed by atoms with Crippen LogP contribution in [-0.4, -0.2) is 4.98 Å². The van der Waals surface area contributed by atoms with Gasteiger partial charge < -0.3 is 4.98 Å². The summed E-state index contributed by atoms with van der Waals surface area (Å²) in [5.74, 6) is 0. The van der Waals surface area contributed by atoms with E-state index in [1.807, 2.05) is 49.4 Å². The minimum absolute atomic E-state index is 0. The van der Waals surface area contributed by atoms with Crippen molar-refractivity contribution >= 4 is 35.3 Å². The summed E-state index contributed by atoms with van der Waals surface area (Å²) in [6.07, 6.45) is 3.94. The first-order valence-corrected chi connectivity index (χ1v) is 9.82. The summed E-state index contributed by atoms with van der Waals surface area (Å²) in [4.78, 5) is 17.5. The van der Waals surface area contributed by atoms with Gasteiger partial charge >= 0.3 is 0 Å². The lowest BCUT2D eigenvalue weighted by molar-refractivity contribution is 0.831. The molecule has 1 aromatic carbocycles. The normalized spacial score (nSPS) is 10.6. The standard InChI is InChI=1S/C21H22ClNOS.ClH/c1-3-16-13-19(14(2)23-21(16)24)20-11-10-18(25-20)9-5-7-15-6-4-8-17(22)12-15;/h4,6,8,10-13H,3,5,7,9H2,1-2H3,(H,23,24);1H. The molecule has 0 saturated heterocycles. The van der Waals surface area contributed by atoms with Crippen LogP contribution in [0.4, 0.5) is 0 Å². The lowest BCUT2D eigenvalue weighted by Crippen LogP contribution is -2.13. The lowest BCUT2D eigenvalue weighted by atomic mass is 10.1. The van der Waals surface area contributed by atoms with Crippen LogP contribution in [0.5, 0.6) is 0 Å². The van der Waals surface area contributed by atoms with E-state index in [1.165, 1.54) is 15.3 Å². The number of hydrogen-bond acceptors (Lipinski definition) is 2. The second-order valence-corrected chi connectivity index (χ2v) is 7.87. The van der Waals surface area contributed by atoms with Gasteiger partial charge in [-0.3, -0.25) is 4.79 Å². The number of aryl methyl sites for hydroxylation is 4. The predicted octanol–water partition coefficient (Wildman–Crippen LogP) is 6.22. The van der Waals surface area contributed by atoms with Gasteiger partial charge in [0.05, 0.1) is 0 Å². The first-order valence-electron chi connectivity index (χ1n) is 8.63. The maximum absolute atomic E-state index is 11.9. The van der Waals surface area contributed by atoms with E-state index in [9.17, 15) is 4.79 Å². The molecule has 26 heavy (non-hydrogen) atoms. The summed E-state index contributed by atoms with van der Waals surface area (Å²) < 4.78 is 0. The van der Waals surface area contributed by atoms with E-state index in [1.54, 1.807) is 0 Å². The Kier molecular flexibility index (Phi) is 7.51. The van der Waals surface area contributed by atoms with Crippen LogP contribution in [0.3, 0.4) is 0 Å². The fourth-order valence-corrected chi connectivity index (χ4v) is 4.34. The molecule has 0 radical (unpaired) electrons. The van der Waals surface area contributed by atoms with E-state index in [4.69, 9.17) is 11.6 Å². The van der Waals surface area contributed by atoms with Crippen molar-refractivity contribution in [2.24, 2.45) is 0 Å². The summed E-state index contributed by atoms with van der Waals surface area (Å²) in [5, 5.41) is 0.802. The van der Waals surface area contributed by atoms with Crippen molar-refractivity contribution in [3.63, 3.8) is 0 Å². The average molecular weight is 408 g/mol. The van der Waals surface area contributed by atoms with Gasteiger partial charge in [0.15, 0.2) is 0 Å². The fourth-order valence-electron chi connectivity index (χ4n) is 3.00. The quantitative estimate of drug-likeness (QED) is 0.516. The van der Waals surface area contributed by atoms with E-state index in [0.717, 1.165) is 47.5 Å². The Morgan fingerprint density at radius 1 is 1.12 bits per heavy atom. The number of rotatable bonds is 6. The number of aromatic amines is 1. The molecule has 2 heterocycles. The molecule has 0 spiro atoms. The monoisotopic (exact) mass is 407 g/mol. The van der Waals surface area contributed by atoms with E-state index < -0.39 is 0 Å². The van der Waals surface area contributed by atoms with Gasteiger partial charge in [-0.05, 0) is 68.5 Å². The van der Waals surface area contributed by atoms with Crippen LogP contribution >= 0.6 is 35.3 Å². The third-order valence-corrected chi connectivity index (χ3v) is 5.81. The van der Waals surface area contributed by atoms with E-state index in [2.05, 4.69) is 23.2 Å². The van der Waals surface area contributed by atoms with Crippen molar-refractivity contribution < 1.29 is 0 Å². The van der Waals surface area contributed by atoms with Gasteiger partial charge in [-0.1, -0.05) is 30.7 Å². The number of H-pyrrole nitrogens is 1. The third kappa shape index (κ3) is 5.00. The summed E-state index contributed by atoms with van der Waals surface area (Å²) in [6, 6.07) is 14.5. The Balaban J connectivity index is 0.00000243. The molecular weight excluding hydrogens is 385 g/mol. The molecule has 0 aliphatic heterocycles. The van der Waals surface area contributed by atoms with Gasteiger partial charge in [-0.25, -0.2) is 0 Å². The molecular formula is C21H23Cl2NOS. The van der Waals surface area contributed by atoms with E-state index in [-0.39, 0.29) is 18.0 Å². The minimum Gasteiger partial charge on any atom is -0.326 e. The lowest BCUT2D eigenvalue weighted by Gasteiger charge is -2.05. The number of thiophene rings is 1. The highest BCUT2D eigenvalue weighted by atomic mass is 35.5. The first kappa shape index (κ1) is 20.8. The van der Waals surface area contributed by atoms with Crippen molar-refractivity contribution in [2.45, 2.75) is 39.5 Å². The van der Waals surface area contributed by atoms with Gasteiger partial charge in [0.25, 0.3) is 5.56 Å². The molecule has 2 aromatic heterocycles. The molecule has 0 aliphatic rings. The molecule has 1 N–H and O–H groups in total.